The van der Waals surface area contributed by atoms with Crippen LogP contribution in [0.5, 0.6) is 0 Å². The number of carbonyl (C=O) groups is 2. The number of amides is 2. The number of aromatic nitrogens is 2. The normalized spacial score (nSPS) is 14.1. The Morgan fingerprint density at radius 3 is 2.54 bits per heavy atom. The van der Waals surface area contributed by atoms with Crippen molar-refractivity contribution in [2.75, 3.05) is 23.0 Å². The van der Waals surface area contributed by atoms with Crippen LogP contribution in [-0.4, -0.2) is 43.0 Å². The quantitative estimate of drug-likeness (QED) is 0.492. The Labute approximate surface area is 204 Å². The summed E-state index contributed by atoms with van der Waals surface area (Å²) in [5, 5.41) is 3.14. The Kier molecular flexibility index (Phi) is 7.11. The van der Waals surface area contributed by atoms with Crippen LogP contribution in [0.4, 0.5) is 11.4 Å². The molecule has 0 aliphatic carbocycles. The second kappa shape index (κ2) is 10.2. The van der Waals surface area contributed by atoms with Crippen LogP contribution < -0.4 is 16.0 Å². The van der Waals surface area contributed by atoms with E-state index in [2.05, 4.69) is 15.3 Å². The first-order valence-electron chi connectivity index (χ1n) is 11.3. The highest BCUT2D eigenvalue weighted by Gasteiger charge is 2.20. The van der Waals surface area contributed by atoms with Crippen LogP contribution in [0.15, 0.2) is 59.8 Å². The predicted molar refractivity (Wildman–Crippen MR) is 133 cm³/mol. The molecule has 1 aliphatic heterocycles. The number of piperidine rings is 1. The van der Waals surface area contributed by atoms with Gasteiger partial charge in [0.25, 0.3) is 5.91 Å². The van der Waals surface area contributed by atoms with E-state index in [0.29, 0.717) is 36.3 Å². The number of nitrogens with zero attached hydrogens (tertiary/aromatic N) is 3. The zero-order chi connectivity index (χ0) is 25.0. The van der Waals surface area contributed by atoms with Gasteiger partial charge < -0.3 is 16.0 Å². The van der Waals surface area contributed by atoms with Crippen molar-refractivity contribution in [3.8, 4) is 0 Å². The highest BCUT2D eigenvalue weighted by Crippen LogP contribution is 2.23. The Balaban J connectivity index is 1.53. The Morgan fingerprint density at radius 1 is 1.09 bits per heavy atom. The number of pyridine rings is 2. The van der Waals surface area contributed by atoms with Crippen molar-refractivity contribution in [3.05, 3.63) is 77.4 Å². The van der Waals surface area contributed by atoms with E-state index in [-0.39, 0.29) is 22.9 Å². The minimum absolute atomic E-state index is 0.114. The number of nitrogens with two attached hydrogens (primary N) is 1. The van der Waals surface area contributed by atoms with Crippen LogP contribution in [0.25, 0.3) is 0 Å². The molecule has 1 aromatic carbocycles. The zero-order valence-corrected chi connectivity index (χ0v) is 20.2. The van der Waals surface area contributed by atoms with Gasteiger partial charge in [0, 0.05) is 49.8 Å². The molecule has 3 aromatic rings. The Morgan fingerprint density at radius 2 is 1.86 bits per heavy atom. The molecule has 0 unspecified atom stereocenters. The third kappa shape index (κ3) is 5.83. The number of benzene rings is 1. The van der Waals surface area contributed by atoms with Crippen molar-refractivity contribution in [1.82, 2.24) is 9.97 Å². The van der Waals surface area contributed by atoms with Crippen LogP contribution in [0, 0.1) is 0 Å². The Bertz CT molecular complexity index is 1360. The monoisotopic (exact) mass is 493 g/mol. The van der Waals surface area contributed by atoms with Gasteiger partial charge in [-0.1, -0.05) is 18.2 Å². The van der Waals surface area contributed by atoms with Crippen molar-refractivity contribution in [1.29, 1.82) is 0 Å². The Hall–Kier alpha value is -3.79. The lowest BCUT2D eigenvalue weighted by atomic mass is 10.1. The first kappa shape index (κ1) is 24.3. The average Bonchev–Trinajstić information content (AvgIpc) is 2.83. The number of carbonyl (C=O) groups excluding carboxylic acids is 2. The number of anilines is 2. The number of primary amides is 1. The molecule has 1 saturated heterocycles. The minimum Gasteiger partial charge on any atom is -0.380 e. The lowest BCUT2D eigenvalue weighted by Crippen LogP contribution is -2.35. The van der Waals surface area contributed by atoms with Crippen molar-refractivity contribution in [2.24, 2.45) is 5.73 Å². The summed E-state index contributed by atoms with van der Waals surface area (Å²) in [5.74, 6) is -0.528. The summed E-state index contributed by atoms with van der Waals surface area (Å²) in [6.07, 6.45) is 7.12. The number of hydrogen-bond donors (Lipinski definition) is 2. The third-order valence-electron chi connectivity index (χ3n) is 5.87. The van der Waals surface area contributed by atoms with Crippen LogP contribution in [0.3, 0.4) is 0 Å². The molecule has 0 atom stereocenters. The van der Waals surface area contributed by atoms with Crippen molar-refractivity contribution >= 4 is 33.0 Å². The summed E-state index contributed by atoms with van der Waals surface area (Å²) in [7, 11) is -3.41. The standard InChI is InChI=1S/C25H27N5O4S/c1-35(33,34)23-7-3-2-6-17(23)14-29-22-13-19(28-16-21(22)25(26)32)12-18-9-10-20(15-27-18)30-11-5-4-8-24(30)31/h2-3,6-7,9-10,13,15-16H,4-5,8,11-12,14H2,1H3,(H2,26,32)(H,28,29). The number of nitrogens with one attached hydrogen (secondary N) is 1. The maximum Gasteiger partial charge on any atom is 0.252 e. The number of rotatable bonds is 8. The van der Waals surface area contributed by atoms with E-state index >= 15 is 0 Å². The van der Waals surface area contributed by atoms with Crippen molar-refractivity contribution in [3.63, 3.8) is 0 Å². The van der Waals surface area contributed by atoms with Gasteiger partial charge in [-0.2, -0.15) is 0 Å². The van der Waals surface area contributed by atoms with E-state index < -0.39 is 15.7 Å². The maximum atomic E-state index is 12.1. The topological polar surface area (TPSA) is 135 Å². The van der Waals surface area contributed by atoms with Gasteiger partial charge in [0.2, 0.25) is 5.91 Å². The molecule has 182 valence electrons. The van der Waals surface area contributed by atoms with Gasteiger partial charge in [0.15, 0.2) is 9.84 Å². The number of hydrogen-bond acceptors (Lipinski definition) is 7. The predicted octanol–water partition coefficient (Wildman–Crippen LogP) is 2.70. The summed E-state index contributed by atoms with van der Waals surface area (Å²) in [5.41, 5.74) is 8.96. The first-order chi connectivity index (χ1) is 16.7. The van der Waals surface area contributed by atoms with Gasteiger partial charge >= 0.3 is 0 Å². The molecule has 3 N–H and O–H groups in total. The molecular weight excluding hydrogens is 466 g/mol. The van der Waals surface area contributed by atoms with Crippen LogP contribution in [0.1, 0.15) is 46.6 Å². The van der Waals surface area contributed by atoms with Crippen LogP contribution in [0.2, 0.25) is 0 Å². The lowest BCUT2D eigenvalue weighted by molar-refractivity contribution is -0.119. The summed E-state index contributed by atoms with van der Waals surface area (Å²) in [4.78, 5) is 34.9. The number of sulfone groups is 1. The van der Waals surface area contributed by atoms with Gasteiger partial charge in [0.05, 0.1) is 28.0 Å². The molecule has 9 nitrogen and oxygen atoms in total. The first-order valence-corrected chi connectivity index (χ1v) is 13.2. The van der Waals surface area contributed by atoms with Crippen LogP contribution in [-0.2, 0) is 27.6 Å². The zero-order valence-electron chi connectivity index (χ0n) is 19.4. The van der Waals surface area contributed by atoms with E-state index in [4.69, 9.17) is 5.73 Å². The minimum atomic E-state index is -3.41. The summed E-state index contributed by atoms with van der Waals surface area (Å²) in [6.45, 7) is 0.886. The molecule has 4 rings (SSSR count). The second-order valence-electron chi connectivity index (χ2n) is 8.51. The molecule has 1 fully saturated rings. The highest BCUT2D eigenvalue weighted by molar-refractivity contribution is 7.90. The summed E-state index contributed by atoms with van der Waals surface area (Å²) < 4.78 is 24.2. The van der Waals surface area contributed by atoms with Crippen LogP contribution >= 0.6 is 0 Å². The molecule has 0 radical (unpaired) electrons. The van der Waals surface area contributed by atoms with E-state index in [1.54, 1.807) is 41.4 Å². The third-order valence-corrected chi connectivity index (χ3v) is 7.07. The molecule has 10 heteroatoms. The molecular formula is C25H27N5O4S. The fourth-order valence-corrected chi connectivity index (χ4v) is 5.03. The fourth-order valence-electron chi connectivity index (χ4n) is 4.09. The fraction of sp³-hybridized carbons (Fsp3) is 0.280. The van der Waals surface area contributed by atoms with E-state index in [0.717, 1.165) is 30.5 Å². The van der Waals surface area contributed by atoms with Gasteiger partial charge in [-0.05, 0) is 42.7 Å². The molecule has 2 aromatic heterocycles. The summed E-state index contributed by atoms with van der Waals surface area (Å²) in [6, 6.07) is 12.1. The molecule has 35 heavy (non-hydrogen) atoms. The van der Waals surface area contributed by atoms with Gasteiger partial charge in [0.1, 0.15) is 0 Å². The van der Waals surface area contributed by atoms with Crippen molar-refractivity contribution in [2.45, 2.75) is 37.1 Å². The molecule has 0 spiro atoms. The lowest BCUT2D eigenvalue weighted by Gasteiger charge is -2.26. The smallest absolute Gasteiger partial charge is 0.252 e. The summed E-state index contributed by atoms with van der Waals surface area (Å²) >= 11 is 0. The highest BCUT2D eigenvalue weighted by atomic mass is 32.2. The van der Waals surface area contributed by atoms with E-state index in [1.165, 1.54) is 6.20 Å². The molecule has 0 bridgehead atoms. The maximum absolute atomic E-state index is 12.1. The van der Waals surface area contributed by atoms with Crippen molar-refractivity contribution < 1.29 is 18.0 Å². The van der Waals surface area contributed by atoms with Gasteiger partial charge in [-0.3, -0.25) is 19.6 Å². The van der Waals surface area contributed by atoms with Gasteiger partial charge in [-0.25, -0.2) is 8.42 Å². The molecule has 3 heterocycles. The average molecular weight is 494 g/mol. The SMILES string of the molecule is CS(=O)(=O)c1ccccc1CNc1cc(Cc2ccc(N3CCCCC3=O)cn2)ncc1C(N)=O. The molecule has 0 saturated carbocycles. The van der Waals surface area contributed by atoms with Gasteiger partial charge in [-0.15, -0.1) is 0 Å². The van der Waals surface area contributed by atoms with E-state index in [9.17, 15) is 18.0 Å². The van der Waals surface area contributed by atoms with E-state index in [1.807, 2.05) is 12.1 Å². The second-order valence-corrected chi connectivity index (χ2v) is 10.5. The molecule has 1 aliphatic rings. The largest absolute Gasteiger partial charge is 0.380 e. The molecule has 2 amide bonds.